The van der Waals surface area contributed by atoms with E-state index in [9.17, 15) is 4.79 Å². The van der Waals surface area contributed by atoms with Crippen LogP contribution in [0.2, 0.25) is 0 Å². The number of aliphatic carboxylic acids is 1. The van der Waals surface area contributed by atoms with Gasteiger partial charge >= 0.3 is 5.97 Å². The summed E-state index contributed by atoms with van der Waals surface area (Å²) in [7, 11) is 0. The minimum atomic E-state index is -1.01. The number of nitrogens with one attached hydrogen (secondary N) is 1. The number of hydrogen-bond acceptors (Lipinski definition) is 2. The number of aromatic nitrogens is 1. The number of hydrogen-bond donors (Lipinski definition) is 3. The zero-order chi connectivity index (χ0) is 10.8. The highest BCUT2D eigenvalue weighted by Gasteiger charge is 2.21. The van der Waals surface area contributed by atoms with Crippen molar-refractivity contribution < 1.29 is 15.0 Å². The Morgan fingerprint density at radius 3 is 2.80 bits per heavy atom. The molecule has 3 N–H and O–H groups in total. The third kappa shape index (κ3) is 1.59. The van der Waals surface area contributed by atoms with E-state index >= 15 is 0 Å². The van der Waals surface area contributed by atoms with Crippen molar-refractivity contribution in [3.8, 4) is 0 Å². The molecule has 1 aromatic heterocycles. The predicted octanol–water partition coefficient (Wildman–Crippen LogP) is 1.33. The number of rotatable bonds is 3. The molecule has 1 unspecified atom stereocenters. The largest absolute Gasteiger partial charge is 0.481 e. The van der Waals surface area contributed by atoms with E-state index < -0.39 is 18.5 Å². The fourth-order valence-electron chi connectivity index (χ4n) is 1.69. The highest BCUT2D eigenvalue weighted by molar-refractivity contribution is 5.89. The van der Waals surface area contributed by atoms with Crippen LogP contribution in [0.3, 0.4) is 0 Å². The molecule has 1 heterocycles. The van der Waals surface area contributed by atoms with E-state index in [4.69, 9.17) is 10.2 Å². The molecule has 0 bridgehead atoms. The average Bonchev–Trinajstić information content (AvgIpc) is 2.63. The molecule has 4 heteroatoms. The SMILES string of the molecule is O=C(O)C(CO)c1c[nH]c2ccccc12. The van der Waals surface area contributed by atoms with Crippen LogP contribution in [0.25, 0.3) is 10.9 Å². The van der Waals surface area contributed by atoms with Crippen LogP contribution in [0.5, 0.6) is 0 Å². The molecule has 2 rings (SSSR count). The second-order valence-electron chi connectivity index (χ2n) is 3.36. The molecule has 1 atom stereocenters. The summed E-state index contributed by atoms with van der Waals surface area (Å²) in [6.07, 6.45) is 1.64. The molecule has 2 aromatic rings. The van der Waals surface area contributed by atoms with E-state index in [0.29, 0.717) is 5.56 Å². The summed E-state index contributed by atoms with van der Waals surface area (Å²) >= 11 is 0. The van der Waals surface area contributed by atoms with Gasteiger partial charge in [-0.05, 0) is 11.6 Å². The fraction of sp³-hybridized carbons (Fsp3) is 0.182. The first-order chi connectivity index (χ1) is 7.24. The third-order valence-corrected chi connectivity index (χ3v) is 2.48. The van der Waals surface area contributed by atoms with Gasteiger partial charge in [0.2, 0.25) is 0 Å². The molecule has 0 amide bonds. The van der Waals surface area contributed by atoms with E-state index in [-0.39, 0.29) is 0 Å². The Hall–Kier alpha value is -1.81. The van der Waals surface area contributed by atoms with Crippen molar-refractivity contribution in [1.82, 2.24) is 4.98 Å². The lowest BCUT2D eigenvalue weighted by Gasteiger charge is -2.07. The van der Waals surface area contributed by atoms with Crippen LogP contribution in [0.4, 0.5) is 0 Å². The predicted molar refractivity (Wildman–Crippen MR) is 55.8 cm³/mol. The highest BCUT2D eigenvalue weighted by Crippen LogP contribution is 2.25. The lowest BCUT2D eigenvalue weighted by molar-refractivity contribution is -0.139. The normalized spacial score (nSPS) is 12.9. The standard InChI is InChI=1S/C11H11NO3/c13-6-9(11(14)15)8-5-12-10-4-2-1-3-7(8)10/h1-5,9,12-13H,6H2,(H,14,15). The summed E-state index contributed by atoms with van der Waals surface area (Å²) in [5.74, 6) is -1.87. The number of carboxylic acids is 1. The van der Waals surface area contributed by atoms with Crippen LogP contribution in [0.15, 0.2) is 30.5 Å². The van der Waals surface area contributed by atoms with Gasteiger partial charge < -0.3 is 15.2 Å². The smallest absolute Gasteiger partial charge is 0.313 e. The highest BCUT2D eigenvalue weighted by atomic mass is 16.4. The summed E-state index contributed by atoms with van der Waals surface area (Å²) < 4.78 is 0. The minimum Gasteiger partial charge on any atom is -0.481 e. The van der Waals surface area contributed by atoms with Crippen LogP contribution in [-0.2, 0) is 4.79 Å². The molecule has 15 heavy (non-hydrogen) atoms. The molecule has 0 saturated heterocycles. The molecule has 0 radical (unpaired) electrons. The van der Waals surface area contributed by atoms with Crippen LogP contribution in [0, 0.1) is 0 Å². The van der Waals surface area contributed by atoms with Gasteiger partial charge in [-0.2, -0.15) is 0 Å². The van der Waals surface area contributed by atoms with E-state index in [0.717, 1.165) is 10.9 Å². The number of H-pyrrole nitrogens is 1. The van der Waals surface area contributed by atoms with Crippen LogP contribution >= 0.6 is 0 Å². The minimum absolute atomic E-state index is 0.392. The molecular formula is C11H11NO3. The summed E-state index contributed by atoms with van der Waals surface area (Å²) in [5, 5.41) is 18.8. The van der Waals surface area contributed by atoms with E-state index in [2.05, 4.69) is 4.98 Å². The summed E-state index contributed by atoms with van der Waals surface area (Å²) in [4.78, 5) is 13.9. The Bertz CT molecular complexity index is 489. The van der Waals surface area contributed by atoms with Crippen molar-refractivity contribution in [2.75, 3.05) is 6.61 Å². The lowest BCUT2D eigenvalue weighted by Crippen LogP contribution is -2.14. The Morgan fingerprint density at radius 1 is 1.40 bits per heavy atom. The number of aliphatic hydroxyl groups is 1. The first-order valence-electron chi connectivity index (χ1n) is 4.63. The van der Waals surface area contributed by atoms with Gasteiger partial charge in [0, 0.05) is 17.1 Å². The van der Waals surface area contributed by atoms with Crippen molar-refractivity contribution in [1.29, 1.82) is 0 Å². The van der Waals surface area contributed by atoms with Crippen LogP contribution < -0.4 is 0 Å². The summed E-state index contributed by atoms with van der Waals surface area (Å²) in [5.41, 5.74) is 1.51. The first kappa shape index (κ1) is 9.73. The van der Waals surface area contributed by atoms with Crippen molar-refractivity contribution in [3.05, 3.63) is 36.0 Å². The van der Waals surface area contributed by atoms with Gasteiger partial charge in [-0.15, -0.1) is 0 Å². The maximum atomic E-state index is 10.9. The quantitative estimate of drug-likeness (QED) is 0.707. The number of aliphatic hydroxyl groups excluding tert-OH is 1. The Labute approximate surface area is 86.2 Å². The molecule has 0 aliphatic carbocycles. The number of aromatic amines is 1. The molecule has 0 aliphatic rings. The molecule has 0 saturated carbocycles. The fourth-order valence-corrected chi connectivity index (χ4v) is 1.69. The van der Waals surface area contributed by atoms with Crippen LogP contribution in [0.1, 0.15) is 11.5 Å². The molecular weight excluding hydrogens is 194 g/mol. The number of benzene rings is 1. The Morgan fingerprint density at radius 2 is 2.13 bits per heavy atom. The van der Waals surface area contributed by atoms with Gasteiger partial charge in [0.05, 0.1) is 6.61 Å². The second kappa shape index (κ2) is 3.74. The molecule has 1 aromatic carbocycles. The monoisotopic (exact) mass is 205 g/mol. The van der Waals surface area contributed by atoms with Gasteiger partial charge in [0.15, 0.2) is 0 Å². The molecule has 78 valence electrons. The van der Waals surface area contributed by atoms with Gasteiger partial charge in [-0.1, -0.05) is 18.2 Å². The summed E-state index contributed by atoms with van der Waals surface area (Å²) in [6.45, 7) is -0.392. The molecule has 0 spiro atoms. The maximum absolute atomic E-state index is 10.9. The number of para-hydroxylation sites is 1. The number of fused-ring (bicyclic) bond motifs is 1. The average molecular weight is 205 g/mol. The van der Waals surface area contributed by atoms with Crippen molar-refractivity contribution >= 4 is 16.9 Å². The molecule has 0 aliphatic heterocycles. The Kier molecular flexibility index (Phi) is 2.43. The summed E-state index contributed by atoms with van der Waals surface area (Å²) in [6, 6.07) is 7.43. The molecule has 4 nitrogen and oxygen atoms in total. The topological polar surface area (TPSA) is 73.3 Å². The third-order valence-electron chi connectivity index (χ3n) is 2.48. The number of carbonyl (C=O) groups is 1. The van der Waals surface area contributed by atoms with Crippen molar-refractivity contribution in [2.45, 2.75) is 5.92 Å². The van der Waals surface area contributed by atoms with Crippen molar-refractivity contribution in [2.24, 2.45) is 0 Å². The first-order valence-corrected chi connectivity index (χ1v) is 4.63. The van der Waals surface area contributed by atoms with Gasteiger partial charge in [0.1, 0.15) is 5.92 Å². The van der Waals surface area contributed by atoms with Gasteiger partial charge in [-0.25, -0.2) is 0 Å². The lowest BCUT2D eigenvalue weighted by atomic mass is 10.00. The zero-order valence-corrected chi connectivity index (χ0v) is 7.97. The molecule has 0 fully saturated rings. The Balaban J connectivity index is 2.55. The second-order valence-corrected chi connectivity index (χ2v) is 3.36. The van der Waals surface area contributed by atoms with E-state index in [1.807, 2.05) is 24.3 Å². The zero-order valence-electron chi connectivity index (χ0n) is 7.97. The van der Waals surface area contributed by atoms with Crippen molar-refractivity contribution in [3.63, 3.8) is 0 Å². The maximum Gasteiger partial charge on any atom is 0.313 e. The van der Waals surface area contributed by atoms with Gasteiger partial charge in [0.25, 0.3) is 0 Å². The van der Waals surface area contributed by atoms with Crippen LogP contribution in [-0.4, -0.2) is 27.8 Å². The number of carboxylic acid groups (broad SMARTS) is 1. The van der Waals surface area contributed by atoms with Gasteiger partial charge in [-0.3, -0.25) is 4.79 Å². The van der Waals surface area contributed by atoms with E-state index in [1.165, 1.54) is 0 Å². The van der Waals surface area contributed by atoms with E-state index in [1.54, 1.807) is 6.20 Å².